The zero-order chi connectivity index (χ0) is 6.41. The van der Waals surface area contributed by atoms with E-state index in [1.165, 1.54) is 0 Å². The van der Waals surface area contributed by atoms with Gasteiger partial charge >= 0.3 is 0 Å². The average Bonchev–Trinajstić information content (AvgIpc) is 1.83. The molecule has 44 valence electrons. The van der Waals surface area contributed by atoms with Crippen LogP contribution in [0.25, 0.3) is 0 Å². The third-order valence-electron chi connectivity index (χ3n) is 0.782. The highest BCUT2D eigenvalue weighted by Gasteiger charge is 1.81. The number of rotatable bonds is 3. The van der Waals surface area contributed by atoms with Crippen LogP contribution in [0.3, 0.4) is 0 Å². The number of hydrogen-bond donors (Lipinski definition) is 0. The third-order valence-corrected chi connectivity index (χ3v) is 0.782. The number of carbonyl (C=O) groups is 1. The molecule has 0 aliphatic rings. The van der Waals surface area contributed by atoms with Gasteiger partial charge in [-0.1, -0.05) is 18.7 Å². The van der Waals surface area contributed by atoms with E-state index in [2.05, 4.69) is 6.58 Å². The second-order valence-corrected chi connectivity index (χ2v) is 1.55. The standard InChI is InChI=1S/C7H10O/c1-3-4-5-7(2)6-8/h3-4,6H,2,5H2,1H3/b4-3+. The number of hydrogen-bond acceptors (Lipinski definition) is 1. The Morgan fingerprint density at radius 2 is 2.38 bits per heavy atom. The first-order chi connectivity index (χ1) is 3.81. The molecule has 0 heterocycles. The van der Waals surface area contributed by atoms with Gasteiger partial charge < -0.3 is 0 Å². The molecule has 0 spiro atoms. The van der Waals surface area contributed by atoms with Crippen molar-refractivity contribution < 1.29 is 4.79 Å². The van der Waals surface area contributed by atoms with E-state index in [1.807, 2.05) is 19.1 Å². The van der Waals surface area contributed by atoms with E-state index in [1.54, 1.807) is 0 Å². The normalized spacial score (nSPS) is 9.62. The molecule has 0 fully saturated rings. The molecule has 8 heavy (non-hydrogen) atoms. The van der Waals surface area contributed by atoms with Crippen molar-refractivity contribution in [3.8, 4) is 0 Å². The third kappa shape index (κ3) is 3.34. The Labute approximate surface area is 49.7 Å². The maximum absolute atomic E-state index is 9.88. The first-order valence-corrected chi connectivity index (χ1v) is 2.55. The summed E-state index contributed by atoms with van der Waals surface area (Å²) in [6, 6.07) is 0. The van der Waals surface area contributed by atoms with Crippen molar-refractivity contribution in [1.82, 2.24) is 0 Å². The van der Waals surface area contributed by atoms with Gasteiger partial charge in [0, 0.05) is 0 Å². The van der Waals surface area contributed by atoms with Crippen molar-refractivity contribution >= 4 is 6.29 Å². The Morgan fingerprint density at radius 1 is 1.75 bits per heavy atom. The zero-order valence-corrected chi connectivity index (χ0v) is 5.05. The Hall–Kier alpha value is -0.850. The van der Waals surface area contributed by atoms with Crippen LogP contribution in [0.1, 0.15) is 13.3 Å². The highest BCUT2D eigenvalue weighted by Crippen LogP contribution is 1.92. The molecule has 0 saturated carbocycles. The van der Waals surface area contributed by atoms with E-state index < -0.39 is 0 Å². The zero-order valence-electron chi connectivity index (χ0n) is 5.05. The lowest BCUT2D eigenvalue weighted by Gasteiger charge is -1.83. The van der Waals surface area contributed by atoms with Crippen LogP contribution in [0.4, 0.5) is 0 Å². The van der Waals surface area contributed by atoms with Crippen LogP contribution in [-0.4, -0.2) is 6.29 Å². The second-order valence-electron chi connectivity index (χ2n) is 1.55. The fourth-order valence-electron chi connectivity index (χ4n) is 0.317. The van der Waals surface area contributed by atoms with Crippen LogP contribution in [0, 0.1) is 0 Å². The Bertz CT molecular complexity index is 112. The van der Waals surface area contributed by atoms with Crippen LogP contribution in [-0.2, 0) is 4.79 Å². The molecule has 0 bridgehead atoms. The summed E-state index contributed by atoms with van der Waals surface area (Å²) < 4.78 is 0. The van der Waals surface area contributed by atoms with Crippen molar-refractivity contribution in [2.24, 2.45) is 0 Å². The van der Waals surface area contributed by atoms with Crippen LogP contribution in [0.5, 0.6) is 0 Å². The molecule has 0 atom stereocenters. The molecule has 0 aromatic rings. The Kier molecular flexibility index (Phi) is 3.85. The van der Waals surface area contributed by atoms with Gasteiger partial charge in [-0.2, -0.15) is 0 Å². The molecule has 0 aliphatic carbocycles. The fourth-order valence-corrected chi connectivity index (χ4v) is 0.317. The van der Waals surface area contributed by atoms with Crippen LogP contribution < -0.4 is 0 Å². The van der Waals surface area contributed by atoms with Crippen molar-refractivity contribution in [1.29, 1.82) is 0 Å². The summed E-state index contributed by atoms with van der Waals surface area (Å²) in [5, 5.41) is 0. The number of aldehydes is 1. The minimum atomic E-state index is 0.628. The van der Waals surface area contributed by atoms with Gasteiger partial charge in [-0.05, 0) is 18.9 Å². The maximum Gasteiger partial charge on any atom is 0.145 e. The summed E-state index contributed by atoms with van der Waals surface area (Å²) in [6.45, 7) is 5.41. The first kappa shape index (κ1) is 7.15. The molecular weight excluding hydrogens is 100 g/mol. The number of allylic oxidation sites excluding steroid dienone is 3. The molecule has 0 unspecified atom stereocenters. The first-order valence-electron chi connectivity index (χ1n) is 2.55. The van der Waals surface area contributed by atoms with Crippen molar-refractivity contribution in [2.45, 2.75) is 13.3 Å². The second kappa shape index (κ2) is 4.31. The highest BCUT2D eigenvalue weighted by atomic mass is 16.1. The summed E-state index contributed by atoms with van der Waals surface area (Å²) in [5.74, 6) is 0. The summed E-state index contributed by atoms with van der Waals surface area (Å²) in [6.07, 6.45) is 5.26. The van der Waals surface area contributed by atoms with E-state index in [-0.39, 0.29) is 0 Å². The van der Waals surface area contributed by atoms with Gasteiger partial charge in [0.25, 0.3) is 0 Å². The minimum absolute atomic E-state index is 0.628. The summed E-state index contributed by atoms with van der Waals surface area (Å²) in [7, 11) is 0. The van der Waals surface area contributed by atoms with E-state index in [9.17, 15) is 4.79 Å². The van der Waals surface area contributed by atoms with Crippen LogP contribution in [0.15, 0.2) is 24.3 Å². The molecular formula is C7H10O. The number of carbonyl (C=O) groups excluding carboxylic acids is 1. The molecule has 0 amide bonds. The van der Waals surface area contributed by atoms with Gasteiger partial charge in [0.2, 0.25) is 0 Å². The largest absolute Gasteiger partial charge is 0.298 e. The minimum Gasteiger partial charge on any atom is -0.298 e. The molecule has 0 aromatic heterocycles. The Balaban J connectivity index is 3.39. The van der Waals surface area contributed by atoms with Crippen molar-refractivity contribution in [3.05, 3.63) is 24.3 Å². The van der Waals surface area contributed by atoms with Gasteiger partial charge in [-0.25, -0.2) is 0 Å². The maximum atomic E-state index is 9.88. The van der Waals surface area contributed by atoms with Gasteiger partial charge in [0.05, 0.1) is 0 Å². The molecule has 0 aliphatic heterocycles. The van der Waals surface area contributed by atoms with Crippen molar-refractivity contribution in [2.75, 3.05) is 0 Å². The Morgan fingerprint density at radius 3 is 2.75 bits per heavy atom. The molecule has 0 N–H and O–H groups in total. The van der Waals surface area contributed by atoms with E-state index in [4.69, 9.17) is 0 Å². The monoisotopic (exact) mass is 110 g/mol. The van der Waals surface area contributed by atoms with Gasteiger partial charge in [0.1, 0.15) is 6.29 Å². The molecule has 0 rings (SSSR count). The molecule has 0 saturated heterocycles. The van der Waals surface area contributed by atoms with E-state index >= 15 is 0 Å². The summed E-state index contributed by atoms with van der Waals surface area (Å²) in [4.78, 5) is 9.88. The van der Waals surface area contributed by atoms with Gasteiger partial charge in [-0.15, -0.1) is 0 Å². The molecule has 1 heteroatoms. The summed E-state index contributed by atoms with van der Waals surface area (Å²) >= 11 is 0. The van der Waals surface area contributed by atoms with Crippen LogP contribution in [0.2, 0.25) is 0 Å². The molecule has 0 radical (unpaired) electrons. The van der Waals surface area contributed by atoms with Gasteiger partial charge in [-0.3, -0.25) is 4.79 Å². The predicted octanol–water partition coefficient (Wildman–Crippen LogP) is 1.71. The summed E-state index contributed by atoms with van der Waals surface area (Å²) in [5.41, 5.74) is 0.628. The highest BCUT2D eigenvalue weighted by molar-refractivity contribution is 5.72. The SMILES string of the molecule is C=C(C=O)C/C=C/C. The average molecular weight is 110 g/mol. The molecule has 0 aromatic carbocycles. The molecule has 1 nitrogen and oxygen atoms in total. The van der Waals surface area contributed by atoms with Crippen LogP contribution >= 0.6 is 0 Å². The van der Waals surface area contributed by atoms with Gasteiger partial charge in [0.15, 0.2) is 0 Å². The predicted molar refractivity (Wildman–Crippen MR) is 34.6 cm³/mol. The fraction of sp³-hybridized carbons (Fsp3) is 0.286. The smallest absolute Gasteiger partial charge is 0.145 e. The quantitative estimate of drug-likeness (QED) is 0.307. The van der Waals surface area contributed by atoms with E-state index in [0.717, 1.165) is 6.29 Å². The lowest BCUT2D eigenvalue weighted by molar-refractivity contribution is -0.104. The van der Waals surface area contributed by atoms with Crippen molar-refractivity contribution in [3.63, 3.8) is 0 Å². The lowest BCUT2D eigenvalue weighted by atomic mass is 10.2. The van der Waals surface area contributed by atoms with E-state index in [0.29, 0.717) is 12.0 Å². The lowest BCUT2D eigenvalue weighted by Crippen LogP contribution is -1.76. The topological polar surface area (TPSA) is 17.1 Å².